The van der Waals surface area contributed by atoms with E-state index < -0.39 is 6.36 Å². The van der Waals surface area contributed by atoms with E-state index in [-0.39, 0.29) is 11.3 Å². The van der Waals surface area contributed by atoms with Crippen molar-refractivity contribution in [3.63, 3.8) is 0 Å². The number of alkyl halides is 3. The molecule has 0 aliphatic carbocycles. The maximum Gasteiger partial charge on any atom is 0.573 e. The van der Waals surface area contributed by atoms with Crippen molar-refractivity contribution in [2.75, 3.05) is 7.11 Å². The molecule has 3 nitrogen and oxygen atoms in total. The van der Waals surface area contributed by atoms with E-state index in [1.807, 2.05) is 6.07 Å². The van der Waals surface area contributed by atoms with Gasteiger partial charge in [-0.3, -0.25) is 0 Å². The first-order valence-electron chi connectivity index (χ1n) is 5.88. The molecule has 0 amide bonds. The number of ether oxygens (including phenoxy) is 2. The second-order valence-electron chi connectivity index (χ2n) is 4.07. The minimum Gasteiger partial charge on any atom is -0.496 e. The Morgan fingerprint density at radius 2 is 1.76 bits per heavy atom. The van der Waals surface area contributed by atoms with Gasteiger partial charge in [0.1, 0.15) is 11.5 Å². The maximum atomic E-state index is 12.3. The Morgan fingerprint density at radius 1 is 1.05 bits per heavy atom. The summed E-state index contributed by atoms with van der Waals surface area (Å²) in [5.74, 6) is 0.0700. The Labute approximate surface area is 119 Å². The molecule has 0 bridgehead atoms. The number of halogens is 3. The van der Waals surface area contributed by atoms with Crippen LogP contribution in [0.15, 0.2) is 42.5 Å². The van der Waals surface area contributed by atoms with Gasteiger partial charge in [0.15, 0.2) is 0 Å². The fourth-order valence-electron chi connectivity index (χ4n) is 1.91. The van der Waals surface area contributed by atoms with Crippen LogP contribution in [-0.4, -0.2) is 13.5 Å². The van der Waals surface area contributed by atoms with Gasteiger partial charge in [-0.2, -0.15) is 5.26 Å². The highest BCUT2D eigenvalue weighted by Crippen LogP contribution is 2.35. The van der Waals surface area contributed by atoms with Crippen molar-refractivity contribution in [2.45, 2.75) is 6.36 Å². The van der Waals surface area contributed by atoms with E-state index >= 15 is 0 Å². The molecule has 21 heavy (non-hydrogen) atoms. The number of methoxy groups -OCH3 is 1. The lowest BCUT2D eigenvalue weighted by molar-refractivity contribution is -0.274. The minimum atomic E-state index is -4.79. The lowest BCUT2D eigenvalue weighted by Gasteiger charge is -2.13. The Bertz CT molecular complexity index is 690. The lowest BCUT2D eigenvalue weighted by Crippen LogP contribution is -2.17. The van der Waals surface area contributed by atoms with Crippen molar-refractivity contribution in [2.24, 2.45) is 0 Å². The van der Waals surface area contributed by atoms with Gasteiger partial charge in [0.25, 0.3) is 0 Å². The van der Waals surface area contributed by atoms with E-state index in [9.17, 15) is 13.2 Å². The van der Waals surface area contributed by atoms with Gasteiger partial charge in [0, 0.05) is 11.1 Å². The molecule has 2 rings (SSSR count). The summed E-state index contributed by atoms with van der Waals surface area (Å²) in [6, 6.07) is 12.2. The van der Waals surface area contributed by atoms with E-state index in [1.165, 1.54) is 19.2 Å². The number of hydrogen-bond acceptors (Lipinski definition) is 3. The number of para-hydroxylation sites is 1. The quantitative estimate of drug-likeness (QED) is 0.854. The SMILES string of the molecule is COc1ccccc1-c1cc(OC(F)(F)F)ccc1C#N. The summed E-state index contributed by atoms with van der Waals surface area (Å²) >= 11 is 0. The average molecular weight is 293 g/mol. The van der Waals surface area contributed by atoms with Crippen LogP contribution in [0.2, 0.25) is 0 Å². The van der Waals surface area contributed by atoms with Crippen LogP contribution in [0.4, 0.5) is 13.2 Å². The fraction of sp³-hybridized carbons (Fsp3) is 0.133. The van der Waals surface area contributed by atoms with Crippen LogP contribution in [0.3, 0.4) is 0 Å². The molecule has 0 spiro atoms. The summed E-state index contributed by atoms with van der Waals surface area (Å²) in [6.07, 6.45) is -4.79. The fourth-order valence-corrected chi connectivity index (χ4v) is 1.91. The number of nitrogens with zero attached hydrogens (tertiary/aromatic N) is 1. The van der Waals surface area contributed by atoms with E-state index in [2.05, 4.69) is 4.74 Å². The highest BCUT2D eigenvalue weighted by Gasteiger charge is 2.31. The van der Waals surface area contributed by atoms with Crippen LogP contribution in [0.1, 0.15) is 5.56 Å². The predicted molar refractivity (Wildman–Crippen MR) is 69.8 cm³/mol. The van der Waals surface area contributed by atoms with Crippen LogP contribution >= 0.6 is 0 Å². The van der Waals surface area contributed by atoms with Crippen molar-refractivity contribution >= 4 is 0 Å². The number of benzene rings is 2. The summed E-state index contributed by atoms with van der Waals surface area (Å²) in [6.45, 7) is 0. The predicted octanol–water partition coefficient (Wildman–Crippen LogP) is 4.13. The molecular formula is C15H10F3NO2. The summed E-state index contributed by atoms with van der Waals surface area (Å²) in [5.41, 5.74) is 1.06. The van der Waals surface area contributed by atoms with Crippen molar-refractivity contribution in [3.05, 3.63) is 48.0 Å². The lowest BCUT2D eigenvalue weighted by atomic mass is 9.99. The zero-order valence-corrected chi connectivity index (χ0v) is 10.9. The summed E-state index contributed by atoms with van der Waals surface area (Å²) in [7, 11) is 1.45. The summed E-state index contributed by atoms with van der Waals surface area (Å²) in [4.78, 5) is 0. The van der Waals surface area contributed by atoms with Gasteiger partial charge in [-0.15, -0.1) is 13.2 Å². The maximum absolute atomic E-state index is 12.3. The molecule has 0 heterocycles. The Balaban J connectivity index is 2.56. The second-order valence-corrected chi connectivity index (χ2v) is 4.07. The van der Waals surface area contributed by atoms with Crippen molar-refractivity contribution in [1.82, 2.24) is 0 Å². The Kier molecular flexibility index (Phi) is 4.03. The summed E-state index contributed by atoms with van der Waals surface area (Å²) in [5, 5.41) is 9.11. The van der Waals surface area contributed by atoms with Crippen molar-refractivity contribution in [1.29, 1.82) is 5.26 Å². The number of hydrogen-bond donors (Lipinski definition) is 0. The van der Waals surface area contributed by atoms with Crippen molar-refractivity contribution in [3.8, 4) is 28.7 Å². The zero-order valence-electron chi connectivity index (χ0n) is 10.9. The zero-order chi connectivity index (χ0) is 15.5. The van der Waals surface area contributed by atoms with Crippen LogP contribution in [0.25, 0.3) is 11.1 Å². The van der Waals surface area contributed by atoms with Crippen LogP contribution in [0, 0.1) is 11.3 Å². The molecule has 0 aliphatic rings. The molecule has 0 fully saturated rings. The highest BCUT2D eigenvalue weighted by atomic mass is 19.4. The van der Waals surface area contributed by atoms with Gasteiger partial charge in [-0.1, -0.05) is 18.2 Å². The topological polar surface area (TPSA) is 42.2 Å². The van der Waals surface area contributed by atoms with Gasteiger partial charge >= 0.3 is 6.36 Å². The molecule has 0 aliphatic heterocycles. The molecule has 6 heteroatoms. The molecule has 2 aromatic rings. The average Bonchev–Trinajstić information content (AvgIpc) is 2.45. The molecule has 2 aromatic carbocycles. The molecule has 0 saturated heterocycles. The molecule has 0 atom stereocenters. The first-order chi connectivity index (χ1) is 9.94. The minimum absolute atomic E-state index is 0.231. The molecule has 108 valence electrons. The molecule has 0 aromatic heterocycles. The molecular weight excluding hydrogens is 283 g/mol. The third kappa shape index (κ3) is 3.45. The van der Waals surface area contributed by atoms with E-state index in [4.69, 9.17) is 10.00 Å². The summed E-state index contributed by atoms with van der Waals surface area (Å²) < 4.78 is 45.9. The van der Waals surface area contributed by atoms with Gasteiger partial charge < -0.3 is 9.47 Å². The van der Waals surface area contributed by atoms with Gasteiger partial charge in [0.05, 0.1) is 18.7 Å². The van der Waals surface area contributed by atoms with Crippen LogP contribution < -0.4 is 9.47 Å². The van der Waals surface area contributed by atoms with E-state index in [0.29, 0.717) is 16.9 Å². The molecule has 0 radical (unpaired) electrons. The monoisotopic (exact) mass is 293 g/mol. The van der Waals surface area contributed by atoms with Crippen LogP contribution in [0.5, 0.6) is 11.5 Å². The molecule has 0 unspecified atom stereocenters. The van der Waals surface area contributed by atoms with E-state index in [1.54, 1.807) is 24.3 Å². The van der Waals surface area contributed by atoms with Gasteiger partial charge in [-0.05, 0) is 24.3 Å². The second kappa shape index (κ2) is 5.75. The molecule has 0 N–H and O–H groups in total. The Hall–Kier alpha value is -2.68. The highest BCUT2D eigenvalue weighted by molar-refractivity contribution is 5.76. The number of rotatable bonds is 3. The van der Waals surface area contributed by atoms with Gasteiger partial charge in [0.2, 0.25) is 0 Å². The van der Waals surface area contributed by atoms with E-state index in [0.717, 1.165) is 6.07 Å². The standard InChI is InChI=1S/C15H10F3NO2/c1-20-14-5-3-2-4-12(14)13-8-11(21-15(16,17)18)7-6-10(13)9-19/h2-8H,1H3. The normalized spacial score (nSPS) is 10.8. The third-order valence-corrected chi connectivity index (χ3v) is 2.74. The van der Waals surface area contributed by atoms with Crippen LogP contribution in [-0.2, 0) is 0 Å². The first kappa shape index (κ1) is 14.7. The molecule has 0 saturated carbocycles. The third-order valence-electron chi connectivity index (χ3n) is 2.74. The smallest absolute Gasteiger partial charge is 0.496 e. The first-order valence-corrected chi connectivity index (χ1v) is 5.88. The van der Waals surface area contributed by atoms with Gasteiger partial charge in [-0.25, -0.2) is 0 Å². The number of nitriles is 1. The Morgan fingerprint density at radius 3 is 2.38 bits per heavy atom. The largest absolute Gasteiger partial charge is 0.573 e. The van der Waals surface area contributed by atoms with Crippen molar-refractivity contribution < 1.29 is 22.6 Å².